The highest BCUT2D eigenvalue weighted by atomic mass is 19.1. The first-order chi connectivity index (χ1) is 8.00. The van der Waals surface area contributed by atoms with Gasteiger partial charge in [-0.2, -0.15) is 0 Å². The molecule has 2 aromatic rings. The average Bonchev–Trinajstić information content (AvgIpc) is 2.56. The highest BCUT2D eigenvalue weighted by Crippen LogP contribution is 2.11. The fourth-order valence-electron chi connectivity index (χ4n) is 1.66. The number of nitrogens with two attached hydrogens (primary N) is 1. The fourth-order valence-corrected chi connectivity index (χ4v) is 1.66. The van der Waals surface area contributed by atoms with Crippen LogP contribution in [0.1, 0.15) is 16.2 Å². The molecule has 0 aliphatic heterocycles. The first kappa shape index (κ1) is 11.1. The van der Waals surface area contributed by atoms with E-state index in [1.54, 1.807) is 6.92 Å². The molecule has 3 N–H and O–H groups in total. The Morgan fingerprint density at radius 3 is 2.41 bits per heavy atom. The molecule has 2 rings (SSSR count). The number of halogens is 1. The number of hydrogen-bond donors (Lipinski definition) is 2. The standard InChI is InChI=1S/C11H10FN3O2/c1-6-9(10(13)16)14-11(17)15(6)8-4-2-7(12)3-5-8/h2-5H,1H3,(H2,13,16)(H,14,17). The molecule has 0 saturated heterocycles. The molecule has 88 valence electrons. The van der Waals surface area contributed by atoms with E-state index in [-0.39, 0.29) is 5.69 Å². The lowest BCUT2D eigenvalue weighted by Gasteiger charge is -2.03. The first-order valence-corrected chi connectivity index (χ1v) is 4.88. The summed E-state index contributed by atoms with van der Waals surface area (Å²) < 4.78 is 14.0. The summed E-state index contributed by atoms with van der Waals surface area (Å²) in [7, 11) is 0. The minimum Gasteiger partial charge on any atom is -0.364 e. The highest BCUT2D eigenvalue weighted by Gasteiger charge is 2.15. The molecule has 0 unspecified atom stereocenters. The van der Waals surface area contributed by atoms with Crippen molar-refractivity contribution in [2.75, 3.05) is 0 Å². The number of amides is 1. The van der Waals surface area contributed by atoms with Gasteiger partial charge in [0.2, 0.25) is 0 Å². The van der Waals surface area contributed by atoms with E-state index < -0.39 is 17.4 Å². The van der Waals surface area contributed by atoms with Gasteiger partial charge < -0.3 is 10.7 Å². The van der Waals surface area contributed by atoms with Gasteiger partial charge in [-0.05, 0) is 31.2 Å². The van der Waals surface area contributed by atoms with Crippen molar-refractivity contribution in [2.24, 2.45) is 5.73 Å². The van der Waals surface area contributed by atoms with Gasteiger partial charge in [0.15, 0.2) is 0 Å². The number of aromatic nitrogens is 2. The summed E-state index contributed by atoms with van der Waals surface area (Å²) >= 11 is 0. The van der Waals surface area contributed by atoms with Crippen LogP contribution in [0.15, 0.2) is 29.1 Å². The summed E-state index contributed by atoms with van der Waals surface area (Å²) in [5, 5.41) is 0. The lowest BCUT2D eigenvalue weighted by atomic mass is 10.3. The van der Waals surface area contributed by atoms with Gasteiger partial charge in [-0.25, -0.2) is 9.18 Å². The van der Waals surface area contributed by atoms with Crippen molar-refractivity contribution in [3.8, 4) is 5.69 Å². The molecule has 0 radical (unpaired) electrons. The Bertz CT molecular complexity index is 625. The molecule has 0 atom stereocenters. The molecular weight excluding hydrogens is 225 g/mol. The maximum absolute atomic E-state index is 12.8. The van der Waals surface area contributed by atoms with E-state index in [1.165, 1.54) is 28.8 Å². The molecule has 0 saturated carbocycles. The Morgan fingerprint density at radius 2 is 1.94 bits per heavy atom. The molecule has 1 amide bonds. The quantitative estimate of drug-likeness (QED) is 0.803. The van der Waals surface area contributed by atoms with Crippen molar-refractivity contribution >= 4 is 5.91 Å². The number of primary amides is 1. The topological polar surface area (TPSA) is 80.9 Å². The van der Waals surface area contributed by atoms with E-state index >= 15 is 0 Å². The zero-order valence-corrected chi connectivity index (χ0v) is 9.03. The van der Waals surface area contributed by atoms with Crippen LogP contribution in [0.2, 0.25) is 0 Å². The number of H-pyrrole nitrogens is 1. The molecule has 0 spiro atoms. The van der Waals surface area contributed by atoms with Gasteiger partial charge in [0.05, 0.1) is 11.4 Å². The van der Waals surface area contributed by atoms with Crippen molar-refractivity contribution in [2.45, 2.75) is 6.92 Å². The van der Waals surface area contributed by atoms with E-state index in [4.69, 9.17) is 5.73 Å². The van der Waals surface area contributed by atoms with E-state index in [0.29, 0.717) is 11.4 Å². The minimum absolute atomic E-state index is 0.0549. The lowest BCUT2D eigenvalue weighted by Crippen LogP contribution is -2.15. The number of aromatic amines is 1. The van der Waals surface area contributed by atoms with Crippen LogP contribution in [0.4, 0.5) is 4.39 Å². The van der Waals surface area contributed by atoms with Crippen LogP contribution in [-0.2, 0) is 0 Å². The van der Waals surface area contributed by atoms with Crippen LogP contribution in [0, 0.1) is 12.7 Å². The van der Waals surface area contributed by atoms with Gasteiger partial charge in [0, 0.05) is 0 Å². The molecule has 0 fully saturated rings. The third-order valence-corrected chi connectivity index (χ3v) is 2.46. The molecule has 0 aliphatic carbocycles. The molecule has 0 aliphatic rings. The lowest BCUT2D eigenvalue weighted by molar-refractivity contribution is 0.0995. The van der Waals surface area contributed by atoms with Gasteiger partial charge in [0.1, 0.15) is 11.5 Å². The molecule has 1 heterocycles. The molecule has 5 nitrogen and oxygen atoms in total. The zero-order chi connectivity index (χ0) is 12.6. The largest absolute Gasteiger partial charge is 0.364 e. The van der Waals surface area contributed by atoms with Crippen molar-refractivity contribution in [3.63, 3.8) is 0 Å². The van der Waals surface area contributed by atoms with Gasteiger partial charge in [-0.1, -0.05) is 0 Å². The Labute approximate surface area is 95.7 Å². The smallest absolute Gasteiger partial charge is 0.330 e. The third-order valence-electron chi connectivity index (χ3n) is 2.46. The van der Waals surface area contributed by atoms with Crippen LogP contribution in [0.25, 0.3) is 5.69 Å². The summed E-state index contributed by atoms with van der Waals surface area (Å²) in [6, 6.07) is 5.36. The van der Waals surface area contributed by atoms with Crippen LogP contribution in [0.3, 0.4) is 0 Å². The van der Waals surface area contributed by atoms with E-state index in [9.17, 15) is 14.0 Å². The van der Waals surface area contributed by atoms with Crippen molar-refractivity contribution < 1.29 is 9.18 Å². The van der Waals surface area contributed by atoms with Gasteiger partial charge >= 0.3 is 5.69 Å². The van der Waals surface area contributed by atoms with E-state index in [2.05, 4.69) is 4.98 Å². The second-order valence-corrected chi connectivity index (χ2v) is 3.57. The average molecular weight is 235 g/mol. The number of imidazole rings is 1. The summed E-state index contributed by atoms with van der Waals surface area (Å²) in [4.78, 5) is 25.1. The Hall–Kier alpha value is -2.37. The zero-order valence-electron chi connectivity index (χ0n) is 9.03. The fraction of sp³-hybridized carbons (Fsp3) is 0.0909. The second-order valence-electron chi connectivity index (χ2n) is 3.57. The minimum atomic E-state index is -0.708. The van der Waals surface area contributed by atoms with E-state index in [0.717, 1.165) is 0 Å². The van der Waals surface area contributed by atoms with Gasteiger partial charge in [0.25, 0.3) is 5.91 Å². The summed E-state index contributed by atoms with van der Waals surface area (Å²) in [5.41, 5.74) is 5.56. The SMILES string of the molecule is Cc1c(C(N)=O)[nH]c(=O)n1-c1ccc(F)cc1. The maximum atomic E-state index is 12.8. The van der Waals surface area contributed by atoms with Gasteiger partial charge in [-0.3, -0.25) is 9.36 Å². The number of rotatable bonds is 2. The normalized spacial score (nSPS) is 10.5. The highest BCUT2D eigenvalue weighted by molar-refractivity contribution is 5.92. The van der Waals surface area contributed by atoms with Crippen molar-refractivity contribution in [1.82, 2.24) is 9.55 Å². The predicted molar refractivity (Wildman–Crippen MR) is 59.6 cm³/mol. The number of carbonyl (C=O) groups is 1. The molecule has 0 bridgehead atoms. The molecule has 6 heteroatoms. The maximum Gasteiger partial charge on any atom is 0.330 e. The molecule has 17 heavy (non-hydrogen) atoms. The number of nitrogens with zero attached hydrogens (tertiary/aromatic N) is 1. The van der Waals surface area contributed by atoms with Crippen LogP contribution < -0.4 is 11.4 Å². The molecule has 1 aromatic carbocycles. The number of hydrogen-bond acceptors (Lipinski definition) is 2. The predicted octanol–water partition coefficient (Wildman–Crippen LogP) is 0.712. The van der Waals surface area contributed by atoms with Crippen LogP contribution in [-0.4, -0.2) is 15.5 Å². The number of carbonyl (C=O) groups excluding carboxylic acids is 1. The Morgan fingerprint density at radius 1 is 1.35 bits per heavy atom. The molecule has 1 aromatic heterocycles. The third kappa shape index (κ3) is 1.84. The summed E-state index contributed by atoms with van der Waals surface area (Å²) in [6.45, 7) is 1.58. The number of benzene rings is 1. The monoisotopic (exact) mass is 235 g/mol. The summed E-state index contributed by atoms with van der Waals surface area (Å²) in [6.07, 6.45) is 0. The first-order valence-electron chi connectivity index (χ1n) is 4.88. The van der Waals surface area contributed by atoms with Crippen LogP contribution in [0.5, 0.6) is 0 Å². The number of nitrogens with one attached hydrogen (secondary N) is 1. The van der Waals surface area contributed by atoms with Crippen molar-refractivity contribution in [3.05, 3.63) is 52.0 Å². The van der Waals surface area contributed by atoms with Crippen molar-refractivity contribution in [1.29, 1.82) is 0 Å². The molecular formula is C11H10FN3O2. The van der Waals surface area contributed by atoms with Crippen LogP contribution >= 0.6 is 0 Å². The Kier molecular flexibility index (Phi) is 2.55. The summed E-state index contributed by atoms with van der Waals surface area (Å²) in [5.74, 6) is -1.11. The second kappa shape index (κ2) is 3.89. The van der Waals surface area contributed by atoms with E-state index in [1.807, 2.05) is 0 Å². The van der Waals surface area contributed by atoms with Gasteiger partial charge in [-0.15, -0.1) is 0 Å². The Balaban J connectivity index is 2.64.